The predicted molar refractivity (Wildman–Crippen MR) is 106 cm³/mol. The average Bonchev–Trinajstić information content (AvgIpc) is 3.08. The molecule has 3 N–H and O–H groups in total. The summed E-state index contributed by atoms with van der Waals surface area (Å²) >= 11 is 0. The van der Waals surface area contributed by atoms with Crippen molar-refractivity contribution in [3.63, 3.8) is 0 Å². The molecule has 3 rings (SSSR count). The van der Waals surface area contributed by atoms with Gasteiger partial charge in [0.2, 0.25) is 5.91 Å². The van der Waals surface area contributed by atoms with Crippen LogP contribution in [0.15, 0.2) is 54.7 Å². The number of rotatable bonds is 8. The normalized spacial score (nSPS) is 12.1. The molecule has 26 heavy (non-hydrogen) atoms. The summed E-state index contributed by atoms with van der Waals surface area (Å²) in [5, 5.41) is 7.49. The molecule has 3 aromatic rings. The fraction of sp³-hybridized carbons (Fsp3) is 0.286. The van der Waals surface area contributed by atoms with Crippen LogP contribution in [0.5, 0.6) is 5.75 Å². The van der Waals surface area contributed by atoms with E-state index in [1.54, 1.807) is 7.11 Å². The summed E-state index contributed by atoms with van der Waals surface area (Å²) < 4.78 is 5.31. The number of fused-ring (bicyclic) bond motifs is 1. The Morgan fingerprint density at radius 1 is 1.19 bits per heavy atom. The summed E-state index contributed by atoms with van der Waals surface area (Å²) in [6.07, 6.45) is 2.93. The number of ether oxygens (including phenoxy) is 1. The zero-order valence-corrected chi connectivity index (χ0v) is 15.2. The molecule has 0 aliphatic heterocycles. The van der Waals surface area contributed by atoms with Gasteiger partial charge in [-0.1, -0.05) is 25.1 Å². The number of aromatic amines is 1. The van der Waals surface area contributed by atoms with Gasteiger partial charge in [-0.05, 0) is 48.9 Å². The summed E-state index contributed by atoms with van der Waals surface area (Å²) in [6.45, 7) is 3.39. The molecule has 0 radical (unpaired) electrons. The molecule has 0 aliphatic carbocycles. The molecule has 0 aliphatic rings. The van der Waals surface area contributed by atoms with Gasteiger partial charge in [0.25, 0.3) is 0 Å². The van der Waals surface area contributed by atoms with Crippen LogP contribution in [0.1, 0.15) is 12.5 Å². The third-order valence-electron chi connectivity index (χ3n) is 4.49. The van der Waals surface area contributed by atoms with E-state index >= 15 is 0 Å². The number of para-hydroxylation sites is 1. The zero-order chi connectivity index (χ0) is 18.4. The van der Waals surface area contributed by atoms with Gasteiger partial charge in [-0.2, -0.15) is 0 Å². The quantitative estimate of drug-likeness (QED) is 0.544. The molecule has 1 amide bonds. The molecule has 0 saturated heterocycles. The molecule has 1 unspecified atom stereocenters. The Morgan fingerprint density at radius 2 is 2.00 bits per heavy atom. The largest absolute Gasteiger partial charge is 0.497 e. The molecule has 0 saturated carbocycles. The highest BCUT2D eigenvalue weighted by molar-refractivity contribution is 5.92. The van der Waals surface area contributed by atoms with E-state index in [4.69, 9.17) is 4.74 Å². The Balaban J connectivity index is 1.47. The van der Waals surface area contributed by atoms with E-state index in [1.807, 2.05) is 55.6 Å². The smallest absolute Gasteiger partial charge is 0.228 e. The first-order chi connectivity index (χ1) is 12.7. The molecule has 0 fully saturated rings. The van der Waals surface area contributed by atoms with E-state index in [2.05, 4.69) is 21.7 Å². The summed E-state index contributed by atoms with van der Waals surface area (Å²) in [6, 6.07) is 15.6. The van der Waals surface area contributed by atoms with Crippen LogP contribution in [0.2, 0.25) is 0 Å². The number of amides is 1. The van der Waals surface area contributed by atoms with E-state index in [-0.39, 0.29) is 11.8 Å². The molecule has 0 bridgehead atoms. The average molecular weight is 351 g/mol. The first-order valence-corrected chi connectivity index (χ1v) is 8.88. The van der Waals surface area contributed by atoms with Crippen LogP contribution >= 0.6 is 0 Å². The Morgan fingerprint density at radius 3 is 2.77 bits per heavy atom. The van der Waals surface area contributed by atoms with E-state index < -0.39 is 0 Å². The van der Waals surface area contributed by atoms with Crippen LogP contribution in [0.3, 0.4) is 0 Å². The number of nitrogens with one attached hydrogen (secondary N) is 3. The third-order valence-corrected chi connectivity index (χ3v) is 4.49. The van der Waals surface area contributed by atoms with Crippen LogP contribution in [0.25, 0.3) is 10.9 Å². The Kier molecular flexibility index (Phi) is 5.92. The molecule has 1 atom stereocenters. The SMILES string of the molecule is COc1ccc2[nH]cc(CCNCC(C)C(=O)Nc3ccccc3)c2c1. The number of methoxy groups -OCH3 is 1. The van der Waals surface area contributed by atoms with Crippen molar-refractivity contribution in [3.8, 4) is 5.75 Å². The van der Waals surface area contributed by atoms with Crippen molar-refractivity contribution in [2.24, 2.45) is 5.92 Å². The summed E-state index contributed by atoms with van der Waals surface area (Å²) in [5.41, 5.74) is 3.18. The number of carbonyl (C=O) groups is 1. The number of benzene rings is 2. The van der Waals surface area contributed by atoms with Crippen molar-refractivity contribution in [3.05, 3.63) is 60.3 Å². The van der Waals surface area contributed by atoms with E-state index in [9.17, 15) is 4.79 Å². The van der Waals surface area contributed by atoms with Gasteiger partial charge in [0, 0.05) is 35.2 Å². The zero-order valence-electron chi connectivity index (χ0n) is 15.2. The minimum Gasteiger partial charge on any atom is -0.497 e. The molecule has 2 aromatic carbocycles. The third kappa shape index (κ3) is 4.43. The van der Waals surface area contributed by atoms with Crippen molar-refractivity contribution < 1.29 is 9.53 Å². The van der Waals surface area contributed by atoms with Gasteiger partial charge < -0.3 is 20.4 Å². The van der Waals surface area contributed by atoms with Gasteiger partial charge in [0.15, 0.2) is 0 Å². The second kappa shape index (κ2) is 8.54. The predicted octanol–water partition coefficient (Wildman–Crippen LogP) is 3.58. The molecule has 0 spiro atoms. The second-order valence-electron chi connectivity index (χ2n) is 6.44. The highest BCUT2D eigenvalue weighted by Gasteiger charge is 2.12. The molecule has 1 aromatic heterocycles. The minimum absolute atomic E-state index is 0.0283. The van der Waals surface area contributed by atoms with Crippen LogP contribution < -0.4 is 15.4 Å². The lowest BCUT2D eigenvalue weighted by Crippen LogP contribution is -2.31. The van der Waals surface area contributed by atoms with E-state index in [0.29, 0.717) is 6.54 Å². The van der Waals surface area contributed by atoms with Gasteiger partial charge in [0.1, 0.15) is 5.75 Å². The fourth-order valence-corrected chi connectivity index (χ4v) is 2.91. The molecule has 1 heterocycles. The maximum Gasteiger partial charge on any atom is 0.228 e. The first kappa shape index (κ1) is 18.0. The number of hydrogen-bond acceptors (Lipinski definition) is 3. The number of anilines is 1. The van der Waals surface area contributed by atoms with Crippen LogP contribution in [0, 0.1) is 5.92 Å². The number of aromatic nitrogens is 1. The van der Waals surface area contributed by atoms with Crippen molar-refractivity contribution in [1.29, 1.82) is 0 Å². The van der Waals surface area contributed by atoms with Crippen molar-refractivity contribution in [2.45, 2.75) is 13.3 Å². The Labute approximate surface area is 153 Å². The second-order valence-corrected chi connectivity index (χ2v) is 6.44. The van der Waals surface area contributed by atoms with Crippen LogP contribution in [-0.2, 0) is 11.2 Å². The number of carbonyl (C=O) groups excluding carboxylic acids is 1. The fourth-order valence-electron chi connectivity index (χ4n) is 2.91. The minimum atomic E-state index is -0.0988. The molecular formula is C21H25N3O2. The lowest BCUT2D eigenvalue weighted by molar-refractivity contribution is -0.119. The summed E-state index contributed by atoms with van der Waals surface area (Å²) in [5.74, 6) is 0.788. The molecule has 136 valence electrons. The van der Waals surface area contributed by atoms with Crippen LogP contribution in [0.4, 0.5) is 5.69 Å². The van der Waals surface area contributed by atoms with Crippen LogP contribution in [-0.4, -0.2) is 31.1 Å². The van der Waals surface area contributed by atoms with Gasteiger partial charge in [-0.15, -0.1) is 0 Å². The van der Waals surface area contributed by atoms with Gasteiger partial charge in [-0.3, -0.25) is 4.79 Å². The van der Waals surface area contributed by atoms with E-state index in [1.165, 1.54) is 10.9 Å². The highest BCUT2D eigenvalue weighted by atomic mass is 16.5. The lowest BCUT2D eigenvalue weighted by atomic mass is 10.1. The van der Waals surface area contributed by atoms with Gasteiger partial charge in [-0.25, -0.2) is 0 Å². The topological polar surface area (TPSA) is 66.1 Å². The molecular weight excluding hydrogens is 326 g/mol. The number of H-pyrrole nitrogens is 1. The van der Waals surface area contributed by atoms with Crippen molar-refractivity contribution in [1.82, 2.24) is 10.3 Å². The maximum atomic E-state index is 12.2. The molecule has 5 heteroatoms. The van der Waals surface area contributed by atoms with Crippen molar-refractivity contribution >= 4 is 22.5 Å². The monoisotopic (exact) mass is 351 g/mol. The number of hydrogen-bond donors (Lipinski definition) is 3. The summed E-state index contributed by atoms with van der Waals surface area (Å²) in [7, 11) is 1.68. The Hall–Kier alpha value is -2.79. The maximum absolute atomic E-state index is 12.2. The van der Waals surface area contributed by atoms with Gasteiger partial charge >= 0.3 is 0 Å². The van der Waals surface area contributed by atoms with E-state index in [0.717, 1.165) is 29.9 Å². The van der Waals surface area contributed by atoms with Gasteiger partial charge in [0.05, 0.1) is 7.11 Å². The lowest BCUT2D eigenvalue weighted by Gasteiger charge is -2.13. The molecule has 5 nitrogen and oxygen atoms in total. The Bertz CT molecular complexity index is 858. The highest BCUT2D eigenvalue weighted by Crippen LogP contribution is 2.23. The van der Waals surface area contributed by atoms with Crippen molar-refractivity contribution in [2.75, 3.05) is 25.5 Å². The summed E-state index contributed by atoms with van der Waals surface area (Å²) in [4.78, 5) is 15.5. The standard InChI is InChI=1S/C21H25N3O2/c1-15(21(25)24-17-6-4-3-5-7-17)13-22-11-10-16-14-23-20-9-8-18(26-2)12-19(16)20/h3-9,12,14-15,22-23H,10-11,13H2,1-2H3,(H,24,25). The first-order valence-electron chi connectivity index (χ1n) is 8.88.